The number of ether oxygens (including phenoxy) is 1. The van der Waals surface area contributed by atoms with Crippen LogP contribution in [-0.4, -0.2) is 46.5 Å². The van der Waals surface area contributed by atoms with Gasteiger partial charge in [-0.1, -0.05) is 12.1 Å². The minimum atomic E-state index is -0.133. The molecule has 0 radical (unpaired) electrons. The van der Waals surface area contributed by atoms with E-state index in [4.69, 9.17) is 9.15 Å². The first-order valence-corrected chi connectivity index (χ1v) is 9.50. The minimum absolute atomic E-state index is 0.0869. The van der Waals surface area contributed by atoms with Crippen LogP contribution in [-0.2, 0) is 11.3 Å². The molecule has 2 amide bonds. The Morgan fingerprint density at radius 1 is 1.25 bits per heavy atom. The highest BCUT2D eigenvalue weighted by Crippen LogP contribution is 2.29. The zero-order valence-corrected chi connectivity index (χ0v) is 15.9. The summed E-state index contributed by atoms with van der Waals surface area (Å²) in [7, 11) is 0. The molecule has 0 aliphatic carbocycles. The maximum absolute atomic E-state index is 13.0. The number of nitrogens with zero attached hydrogens (tertiary/aromatic N) is 3. The fraction of sp³-hybridized carbons (Fsp3) is 0.333. The van der Waals surface area contributed by atoms with E-state index in [1.165, 1.54) is 0 Å². The van der Waals surface area contributed by atoms with Crippen molar-refractivity contribution >= 4 is 11.7 Å². The number of carbonyl (C=O) groups excluding carboxylic acids is 1. The monoisotopic (exact) mass is 380 g/mol. The third kappa shape index (κ3) is 4.26. The second-order valence-corrected chi connectivity index (χ2v) is 6.91. The van der Waals surface area contributed by atoms with Gasteiger partial charge in [-0.2, -0.15) is 5.10 Å². The van der Waals surface area contributed by atoms with Crippen LogP contribution in [0.5, 0.6) is 0 Å². The van der Waals surface area contributed by atoms with Gasteiger partial charge in [0.1, 0.15) is 11.5 Å². The summed E-state index contributed by atoms with van der Waals surface area (Å²) in [6.07, 6.45) is 4.37. The number of hydrogen-bond acceptors (Lipinski definition) is 4. The molecule has 1 fully saturated rings. The van der Waals surface area contributed by atoms with Gasteiger partial charge in [0.2, 0.25) is 0 Å². The van der Waals surface area contributed by atoms with Crippen molar-refractivity contribution in [3.05, 3.63) is 60.6 Å². The van der Waals surface area contributed by atoms with Crippen LogP contribution in [0.1, 0.15) is 12.2 Å². The number of amides is 2. The van der Waals surface area contributed by atoms with Gasteiger partial charge in [-0.05, 0) is 43.7 Å². The van der Waals surface area contributed by atoms with Crippen LogP contribution in [0.25, 0.3) is 11.3 Å². The molecule has 0 spiro atoms. The molecule has 0 saturated carbocycles. The zero-order valence-electron chi connectivity index (χ0n) is 15.9. The van der Waals surface area contributed by atoms with Crippen molar-refractivity contribution in [1.29, 1.82) is 0 Å². The molecular formula is C21H24N4O3. The first-order chi connectivity index (χ1) is 13.7. The van der Waals surface area contributed by atoms with E-state index in [0.29, 0.717) is 26.2 Å². The molecule has 146 valence electrons. The average Bonchev–Trinajstić information content (AvgIpc) is 3.30. The Morgan fingerprint density at radius 2 is 2.14 bits per heavy atom. The first kappa shape index (κ1) is 18.3. The molecule has 1 atom stereocenters. The smallest absolute Gasteiger partial charge is 0.321 e. The molecule has 1 aliphatic rings. The Kier molecular flexibility index (Phi) is 5.43. The van der Waals surface area contributed by atoms with Gasteiger partial charge in [0, 0.05) is 31.1 Å². The number of aromatic nitrogens is 2. The molecule has 1 aliphatic heterocycles. The van der Waals surface area contributed by atoms with Gasteiger partial charge in [0.05, 0.1) is 24.9 Å². The van der Waals surface area contributed by atoms with Crippen molar-refractivity contribution in [2.24, 2.45) is 0 Å². The van der Waals surface area contributed by atoms with Gasteiger partial charge in [0.15, 0.2) is 0 Å². The van der Waals surface area contributed by atoms with E-state index in [9.17, 15) is 4.79 Å². The Labute approximate surface area is 163 Å². The Bertz CT molecular complexity index is 919. The highest BCUT2D eigenvalue weighted by atomic mass is 16.5. The Hall–Kier alpha value is -3.06. The topological polar surface area (TPSA) is 72.5 Å². The van der Waals surface area contributed by atoms with E-state index in [2.05, 4.69) is 10.4 Å². The molecule has 3 aromatic rings. The SMILES string of the molecule is Cc1ccc(-c2ccccc2NC(=O)N2CCCOC(Cn3cccn3)C2)o1. The Morgan fingerprint density at radius 3 is 2.93 bits per heavy atom. The number of anilines is 1. The number of para-hydroxylation sites is 1. The van der Waals surface area contributed by atoms with E-state index in [0.717, 1.165) is 29.2 Å². The van der Waals surface area contributed by atoms with E-state index < -0.39 is 0 Å². The molecule has 1 saturated heterocycles. The highest BCUT2D eigenvalue weighted by molar-refractivity contribution is 5.93. The van der Waals surface area contributed by atoms with Gasteiger partial charge in [-0.3, -0.25) is 4.68 Å². The second-order valence-electron chi connectivity index (χ2n) is 6.91. The van der Waals surface area contributed by atoms with Crippen LogP contribution < -0.4 is 5.32 Å². The summed E-state index contributed by atoms with van der Waals surface area (Å²) in [6.45, 7) is 4.34. The lowest BCUT2D eigenvalue weighted by Crippen LogP contribution is -2.41. The predicted molar refractivity (Wildman–Crippen MR) is 106 cm³/mol. The first-order valence-electron chi connectivity index (χ1n) is 9.50. The van der Waals surface area contributed by atoms with Crippen LogP contribution in [0.3, 0.4) is 0 Å². The van der Waals surface area contributed by atoms with Crippen LogP contribution >= 0.6 is 0 Å². The molecule has 1 aromatic carbocycles. The van der Waals surface area contributed by atoms with E-state index >= 15 is 0 Å². The molecule has 28 heavy (non-hydrogen) atoms. The number of aryl methyl sites for hydroxylation is 1. The highest BCUT2D eigenvalue weighted by Gasteiger charge is 2.24. The molecule has 1 N–H and O–H groups in total. The third-order valence-corrected chi connectivity index (χ3v) is 4.76. The van der Waals surface area contributed by atoms with Crippen molar-refractivity contribution < 1.29 is 13.9 Å². The normalized spacial score (nSPS) is 17.3. The largest absolute Gasteiger partial charge is 0.461 e. The van der Waals surface area contributed by atoms with Crippen molar-refractivity contribution in [2.45, 2.75) is 26.0 Å². The predicted octanol–water partition coefficient (Wildman–Crippen LogP) is 3.77. The van der Waals surface area contributed by atoms with Crippen molar-refractivity contribution in [1.82, 2.24) is 14.7 Å². The number of furan rings is 1. The fourth-order valence-corrected chi connectivity index (χ4v) is 3.39. The van der Waals surface area contributed by atoms with Crippen LogP contribution in [0.2, 0.25) is 0 Å². The Balaban J connectivity index is 1.47. The third-order valence-electron chi connectivity index (χ3n) is 4.76. The summed E-state index contributed by atoms with van der Waals surface area (Å²) in [5.41, 5.74) is 1.60. The lowest BCUT2D eigenvalue weighted by molar-refractivity contribution is 0.0442. The molecule has 1 unspecified atom stereocenters. The van der Waals surface area contributed by atoms with Gasteiger partial charge in [-0.25, -0.2) is 4.79 Å². The summed E-state index contributed by atoms with van der Waals surface area (Å²) in [4.78, 5) is 14.8. The van der Waals surface area contributed by atoms with E-state index in [-0.39, 0.29) is 12.1 Å². The number of carbonyl (C=O) groups is 1. The summed E-state index contributed by atoms with van der Waals surface area (Å²) in [5, 5.41) is 7.28. The van der Waals surface area contributed by atoms with Crippen LogP contribution in [0.15, 0.2) is 59.3 Å². The summed E-state index contributed by atoms with van der Waals surface area (Å²) in [5.74, 6) is 1.58. The molecule has 4 rings (SSSR count). The van der Waals surface area contributed by atoms with Gasteiger partial charge in [0.25, 0.3) is 0 Å². The maximum Gasteiger partial charge on any atom is 0.321 e. The van der Waals surface area contributed by atoms with E-state index in [1.807, 2.05) is 65.2 Å². The summed E-state index contributed by atoms with van der Waals surface area (Å²) < 4.78 is 13.5. The van der Waals surface area contributed by atoms with Crippen LogP contribution in [0, 0.1) is 6.92 Å². The summed E-state index contributed by atoms with van der Waals surface area (Å²) >= 11 is 0. The molecule has 0 bridgehead atoms. The van der Waals surface area contributed by atoms with Gasteiger partial charge in [-0.15, -0.1) is 0 Å². The van der Waals surface area contributed by atoms with Gasteiger partial charge >= 0.3 is 6.03 Å². The van der Waals surface area contributed by atoms with E-state index in [1.54, 1.807) is 6.20 Å². The fourth-order valence-electron chi connectivity index (χ4n) is 3.39. The van der Waals surface area contributed by atoms with Crippen molar-refractivity contribution in [3.8, 4) is 11.3 Å². The van der Waals surface area contributed by atoms with Crippen LogP contribution in [0.4, 0.5) is 10.5 Å². The van der Waals surface area contributed by atoms with Crippen molar-refractivity contribution in [2.75, 3.05) is 25.0 Å². The molecule has 2 aromatic heterocycles. The quantitative estimate of drug-likeness (QED) is 0.748. The number of rotatable bonds is 4. The molecular weight excluding hydrogens is 356 g/mol. The minimum Gasteiger partial charge on any atom is -0.461 e. The van der Waals surface area contributed by atoms with Crippen molar-refractivity contribution in [3.63, 3.8) is 0 Å². The maximum atomic E-state index is 13.0. The average molecular weight is 380 g/mol. The standard InChI is InChI=1S/C21H24N4O3/c1-16-8-9-20(28-16)18-6-2-3-7-19(18)23-21(26)24-11-5-13-27-17(14-24)15-25-12-4-10-22-25/h2-4,6-10,12,17H,5,11,13-15H2,1H3,(H,23,26). The number of urea groups is 1. The second kappa shape index (κ2) is 8.31. The lowest BCUT2D eigenvalue weighted by Gasteiger charge is -2.24. The number of benzene rings is 1. The molecule has 3 heterocycles. The summed E-state index contributed by atoms with van der Waals surface area (Å²) in [6, 6.07) is 13.3. The zero-order chi connectivity index (χ0) is 19.3. The molecule has 7 nitrogen and oxygen atoms in total. The van der Waals surface area contributed by atoms with Gasteiger partial charge < -0.3 is 19.4 Å². The number of hydrogen-bond donors (Lipinski definition) is 1. The number of nitrogens with one attached hydrogen (secondary N) is 1. The molecule has 7 heteroatoms. The lowest BCUT2D eigenvalue weighted by atomic mass is 10.1.